The van der Waals surface area contributed by atoms with Crippen LogP contribution in [0.2, 0.25) is 0 Å². The summed E-state index contributed by atoms with van der Waals surface area (Å²) in [6.45, 7) is 0. The zero-order valence-corrected chi connectivity index (χ0v) is 7.31. The fraction of sp³-hybridized carbons (Fsp3) is 0.250. The summed E-state index contributed by atoms with van der Waals surface area (Å²) in [5.41, 5.74) is 0. The van der Waals surface area contributed by atoms with E-state index in [1.165, 1.54) is 12.7 Å². The minimum absolute atomic E-state index is 0.0278. The van der Waals surface area contributed by atoms with Gasteiger partial charge in [0.2, 0.25) is 0 Å². The third-order valence-corrected chi connectivity index (χ3v) is 0.908. The molecule has 0 bridgehead atoms. The first-order valence-corrected chi connectivity index (χ1v) is 3.59. The van der Waals surface area contributed by atoms with Crippen LogP contribution < -0.4 is 4.74 Å². The minimum Gasteiger partial charge on any atom is -0.412 e. The van der Waals surface area contributed by atoms with Crippen LogP contribution in [0.25, 0.3) is 0 Å². The number of halogens is 3. The average molecular weight is 214 g/mol. The maximum atomic E-state index is 5.28. The highest BCUT2D eigenvalue weighted by atomic mass is 35.6. The lowest BCUT2D eigenvalue weighted by molar-refractivity contribution is 0.292. The highest BCUT2D eigenvalue weighted by Crippen LogP contribution is 2.27. The van der Waals surface area contributed by atoms with E-state index < -0.39 is 3.98 Å². The second-order valence-corrected chi connectivity index (χ2v) is 3.65. The summed E-state index contributed by atoms with van der Waals surface area (Å²) in [5, 5.41) is 0. The van der Waals surface area contributed by atoms with Crippen LogP contribution in [0.4, 0.5) is 0 Å². The Kier molecular flexibility index (Phi) is 2.70. The van der Waals surface area contributed by atoms with Crippen molar-refractivity contribution in [2.75, 3.05) is 0 Å². The van der Waals surface area contributed by atoms with Gasteiger partial charge in [-0.1, -0.05) is 0 Å². The molecule has 0 aromatic carbocycles. The number of nitrogens with zero attached hydrogens (tertiary/aromatic N) is 3. The van der Waals surface area contributed by atoms with Gasteiger partial charge in [-0.15, -0.1) is 0 Å². The molecule has 1 aromatic heterocycles. The molecule has 0 saturated carbocycles. The molecule has 0 unspecified atom stereocenters. The predicted molar refractivity (Wildman–Crippen MR) is 40.7 cm³/mol. The molecule has 1 rings (SSSR count). The van der Waals surface area contributed by atoms with Gasteiger partial charge in [-0.05, 0) is 34.8 Å². The Balaban J connectivity index is 2.66. The van der Waals surface area contributed by atoms with Crippen LogP contribution in [0.1, 0.15) is 0 Å². The Morgan fingerprint density at radius 2 is 1.73 bits per heavy atom. The maximum absolute atomic E-state index is 5.28. The Morgan fingerprint density at radius 1 is 1.18 bits per heavy atom. The fourth-order valence-electron chi connectivity index (χ4n) is 0.385. The van der Waals surface area contributed by atoms with Gasteiger partial charge >= 0.3 is 9.99 Å². The largest absolute Gasteiger partial charge is 0.412 e. The number of hydrogen-bond donors (Lipinski definition) is 0. The lowest BCUT2D eigenvalue weighted by Crippen LogP contribution is -2.14. The van der Waals surface area contributed by atoms with E-state index in [4.69, 9.17) is 34.8 Å². The number of hydrogen-bond acceptors (Lipinski definition) is 4. The highest BCUT2D eigenvalue weighted by Gasteiger charge is 2.22. The van der Waals surface area contributed by atoms with Gasteiger partial charge in [-0.25, -0.2) is 4.98 Å². The molecule has 60 valence electrons. The summed E-state index contributed by atoms with van der Waals surface area (Å²) in [4.78, 5) is 10.7. The second kappa shape index (κ2) is 3.38. The maximum Gasteiger partial charge on any atom is 0.341 e. The molecule has 0 N–H and O–H groups in total. The van der Waals surface area contributed by atoms with Gasteiger partial charge in [-0.3, -0.25) is 0 Å². The molecular weight excluding hydrogens is 212 g/mol. The normalized spacial score (nSPS) is 11.2. The molecule has 11 heavy (non-hydrogen) atoms. The topological polar surface area (TPSA) is 47.9 Å². The van der Waals surface area contributed by atoms with Gasteiger partial charge in [0.05, 0.1) is 0 Å². The molecule has 1 aromatic rings. The van der Waals surface area contributed by atoms with Crippen molar-refractivity contribution >= 4 is 34.8 Å². The first kappa shape index (κ1) is 8.77. The lowest BCUT2D eigenvalue weighted by atomic mass is 11.0. The summed E-state index contributed by atoms with van der Waals surface area (Å²) < 4.78 is 2.80. The Morgan fingerprint density at radius 3 is 2.18 bits per heavy atom. The lowest BCUT2D eigenvalue weighted by Gasteiger charge is -2.09. The Hall–Kier alpha value is -0.320. The third kappa shape index (κ3) is 3.55. The van der Waals surface area contributed by atoms with E-state index in [1.807, 2.05) is 0 Å². The van der Waals surface area contributed by atoms with Gasteiger partial charge in [0.25, 0.3) is 0 Å². The summed E-state index contributed by atoms with van der Waals surface area (Å²) >= 11 is 15.8. The summed E-state index contributed by atoms with van der Waals surface area (Å²) in [6, 6.07) is -0.0278. The number of rotatable bonds is 1. The molecule has 0 amide bonds. The number of ether oxygens (including phenoxy) is 1. The SMILES string of the molecule is ClC(Cl)(Cl)Oc1ncncn1. The van der Waals surface area contributed by atoms with Crippen molar-refractivity contribution < 1.29 is 4.74 Å². The predicted octanol–water partition coefficient (Wildman–Crippen LogP) is 1.58. The molecule has 7 heteroatoms. The van der Waals surface area contributed by atoms with Crippen molar-refractivity contribution in [3.8, 4) is 6.01 Å². The van der Waals surface area contributed by atoms with Crippen molar-refractivity contribution in [3.05, 3.63) is 12.7 Å². The van der Waals surface area contributed by atoms with E-state index >= 15 is 0 Å². The summed E-state index contributed by atoms with van der Waals surface area (Å²) in [5.74, 6) is 0. The van der Waals surface area contributed by atoms with Crippen LogP contribution in [0, 0.1) is 0 Å². The molecule has 0 saturated heterocycles. The molecule has 0 radical (unpaired) electrons. The average Bonchev–Trinajstić information content (AvgIpc) is 1.85. The third-order valence-electron chi connectivity index (χ3n) is 0.677. The molecule has 0 aliphatic heterocycles. The fourth-order valence-corrected chi connectivity index (χ4v) is 0.592. The zero-order valence-electron chi connectivity index (χ0n) is 5.04. The van der Waals surface area contributed by atoms with E-state index in [9.17, 15) is 0 Å². The van der Waals surface area contributed by atoms with Crippen LogP contribution in [0.15, 0.2) is 12.7 Å². The first-order chi connectivity index (χ1) is 5.08. The van der Waals surface area contributed by atoms with Crippen LogP contribution >= 0.6 is 34.8 Å². The van der Waals surface area contributed by atoms with Gasteiger partial charge in [-0.2, -0.15) is 9.97 Å². The second-order valence-electron chi connectivity index (χ2n) is 1.47. The molecule has 0 atom stereocenters. The number of aromatic nitrogens is 3. The molecule has 0 aliphatic rings. The quantitative estimate of drug-likeness (QED) is 0.666. The van der Waals surface area contributed by atoms with Crippen LogP contribution in [0.5, 0.6) is 6.01 Å². The van der Waals surface area contributed by atoms with Gasteiger partial charge in [0.1, 0.15) is 12.7 Å². The molecule has 0 spiro atoms. The van der Waals surface area contributed by atoms with Crippen molar-refractivity contribution in [1.82, 2.24) is 15.0 Å². The first-order valence-electron chi connectivity index (χ1n) is 2.46. The van der Waals surface area contributed by atoms with Crippen molar-refractivity contribution in [2.24, 2.45) is 0 Å². The molecular formula is C4H2Cl3N3O. The van der Waals surface area contributed by atoms with E-state index in [-0.39, 0.29) is 6.01 Å². The standard InChI is InChI=1S/C4H2Cl3N3O/c5-4(6,7)11-3-9-1-8-2-10-3/h1-2H. The van der Waals surface area contributed by atoms with Gasteiger partial charge in [0, 0.05) is 0 Å². The van der Waals surface area contributed by atoms with Crippen LogP contribution in [-0.2, 0) is 0 Å². The monoisotopic (exact) mass is 213 g/mol. The zero-order chi connectivity index (χ0) is 8.32. The molecule has 4 nitrogen and oxygen atoms in total. The van der Waals surface area contributed by atoms with Crippen molar-refractivity contribution in [2.45, 2.75) is 3.98 Å². The molecule has 1 heterocycles. The van der Waals surface area contributed by atoms with E-state index in [2.05, 4.69) is 19.7 Å². The van der Waals surface area contributed by atoms with Gasteiger partial charge in [0.15, 0.2) is 0 Å². The summed E-state index contributed by atoms with van der Waals surface area (Å²) in [6.07, 6.45) is 2.47. The summed E-state index contributed by atoms with van der Waals surface area (Å²) in [7, 11) is 0. The molecule has 0 fully saturated rings. The van der Waals surface area contributed by atoms with Crippen LogP contribution in [0.3, 0.4) is 0 Å². The minimum atomic E-state index is -1.83. The van der Waals surface area contributed by atoms with Crippen LogP contribution in [-0.4, -0.2) is 18.9 Å². The van der Waals surface area contributed by atoms with E-state index in [1.54, 1.807) is 0 Å². The Bertz CT molecular complexity index is 224. The number of alkyl halides is 3. The highest BCUT2D eigenvalue weighted by molar-refractivity contribution is 6.66. The smallest absolute Gasteiger partial charge is 0.341 e. The van der Waals surface area contributed by atoms with Gasteiger partial charge < -0.3 is 4.74 Å². The molecule has 0 aliphatic carbocycles. The van der Waals surface area contributed by atoms with E-state index in [0.29, 0.717) is 0 Å². The Labute approximate surface area is 77.5 Å². The van der Waals surface area contributed by atoms with Crippen molar-refractivity contribution in [1.29, 1.82) is 0 Å². The van der Waals surface area contributed by atoms with Crippen molar-refractivity contribution in [3.63, 3.8) is 0 Å². The van der Waals surface area contributed by atoms with E-state index in [0.717, 1.165) is 0 Å².